The summed E-state index contributed by atoms with van der Waals surface area (Å²) < 4.78 is 3.41. The third-order valence-corrected chi connectivity index (χ3v) is 7.36. The molecule has 0 bridgehead atoms. The SMILES string of the molecule is CN1CCN(CCc2ccc3c(c2)c2cc(Br)ccc2n3Cc2ccc(C(=O)NO)cc2)CC1. The Hall–Kier alpha value is -2.71. The number of carbonyl (C=O) groups excluding carboxylic acids is 1. The molecular formula is C27H29BrN4O2. The Morgan fingerprint density at radius 3 is 2.26 bits per heavy atom. The number of benzene rings is 3. The summed E-state index contributed by atoms with van der Waals surface area (Å²) in [7, 11) is 2.19. The van der Waals surface area contributed by atoms with E-state index in [1.165, 1.54) is 27.4 Å². The van der Waals surface area contributed by atoms with Crippen molar-refractivity contribution in [2.75, 3.05) is 39.8 Å². The first kappa shape index (κ1) is 23.1. The average molecular weight is 521 g/mol. The number of likely N-dealkylation sites (N-methyl/N-ethyl adjacent to an activating group) is 1. The molecule has 5 rings (SSSR count). The largest absolute Gasteiger partial charge is 0.336 e. The summed E-state index contributed by atoms with van der Waals surface area (Å²) in [4.78, 5) is 16.6. The van der Waals surface area contributed by atoms with E-state index in [4.69, 9.17) is 5.21 Å². The van der Waals surface area contributed by atoms with E-state index in [2.05, 4.69) is 73.7 Å². The third-order valence-electron chi connectivity index (χ3n) is 6.86. The highest BCUT2D eigenvalue weighted by molar-refractivity contribution is 9.10. The maximum absolute atomic E-state index is 11.6. The van der Waals surface area contributed by atoms with Gasteiger partial charge in [0.1, 0.15) is 0 Å². The zero-order chi connectivity index (χ0) is 23.7. The molecule has 2 N–H and O–H groups in total. The van der Waals surface area contributed by atoms with Crippen LogP contribution in [0.3, 0.4) is 0 Å². The van der Waals surface area contributed by atoms with Gasteiger partial charge in [-0.25, -0.2) is 5.48 Å². The van der Waals surface area contributed by atoms with Crippen molar-refractivity contribution in [3.05, 3.63) is 81.8 Å². The van der Waals surface area contributed by atoms with E-state index >= 15 is 0 Å². The first-order valence-electron chi connectivity index (χ1n) is 11.7. The van der Waals surface area contributed by atoms with Crippen LogP contribution in [0.1, 0.15) is 21.5 Å². The number of carbonyl (C=O) groups is 1. The van der Waals surface area contributed by atoms with Gasteiger partial charge in [0.2, 0.25) is 0 Å². The van der Waals surface area contributed by atoms with E-state index in [0.29, 0.717) is 12.1 Å². The smallest absolute Gasteiger partial charge is 0.274 e. The van der Waals surface area contributed by atoms with Crippen LogP contribution in [0, 0.1) is 0 Å². The van der Waals surface area contributed by atoms with Gasteiger partial charge in [0, 0.05) is 71.1 Å². The zero-order valence-electron chi connectivity index (χ0n) is 19.3. The van der Waals surface area contributed by atoms with Gasteiger partial charge in [0.05, 0.1) is 0 Å². The highest BCUT2D eigenvalue weighted by atomic mass is 79.9. The second-order valence-corrected chi connectivity index (χ2v) is 10.0. The minimum atomic E-state index is -0.502. The molecule has 0 aliphatic carbocycles. The first-order chi connectivity index (χ1) is 16.5. The Morgan fingerprint density at radius 2 is 1.56 bits per heavy atom. The lowest BCUT2D eigenvalue weighted by atomic mass is 10.1. The molecule has 0 saturated carbocycles. The maximum Gasteiger partial charge on any atom is 0.274 e. The van der Waals surface area contributed by atoms with Gasteiger partial charge in [-0.15, -0.1) is 0 Å². The quantitative estimate of drug-likeness (QED) is 0.290. The van der Waals surface area contributed by atoms with Crippen molar-refractivity contribution in [1.29, 1.82) is 0 Å². The lowest BCUT2D eigenvalue weighted by Crippen LogP contribution is -2.45. The number of halogens is 1. The number of nitrogens with zero attached hydrogens (tertiary/aromatic N) is 3. The molecule has 1 aromatic heterocycles. The Morgan fingerprint density at radius 1 is 0.912 bits per heavy atom. The second-order valence-electron chi connectivity index (χ2n) is 9.13. The number of nitrogens with one attached hydrogen (secondary N) is 1. The molecule has 2 heterocycles. The molecule has 1 aliphatic heterocycles. The number of fused-ring (bicyclic) bond motifs is 3. The molecule has 0 spiro atoms. The molecule has 34 heavy (non-hydrogen) atoms. The van der Waals surface area contributed by atoms with Crippen molar-refractivity contribution in [2.45, 2.75) is 13.0 Å². The van der Waals surface area contributed by atoms with Crippen LogP contribution in [0.25, 0.3) is 21.8 Å². The summed E-state index contributed by atoms with van der Waals surface area (Å²) in [5.41, 5.74) is 6.96. The van der Waals surface area contributed by atoms with Crippen molar-refractivity contribution in [2.24, 2.45) is 0 Å². The number of hydroxylamine groups is 1. The molecule has 0 radical (unpaired) electrons. The van der Waals surface area contributed by atoms with Crippen LogP contribution in [-0.4, -0.2) is 65.3 Å². The zero-order valence-corrected chi connectivity index (χ0v) is 20.9. The predicted octanol–water partition coefficient (Wildman–Crippen LogP) is 4.51. The molecule has 1 aliphatic rings. The molecule has 1 saturated heterocycles. The van der Waals surface area contributed by atoms with E-state index in [1.54, 1.807) is 17.6 Å². The summed E-state index contributed by atoms with van der Waals surface area (Å²) in [6, 6.07) is 20.7. The lowest BCUT2D eigenvalue weighted by molar-refractivity contribution is 0.0706. The van der Waals surface area contributed by atoms with Gasteiger partial charge in [-0.2, -0.15) is 0 Å². The van der Waals surface area contributed by atoms with E-state index in [0.717, 1.165) is 49.2 Å². The van der Waals surface area contributed by atoms with E-state index in [9.17, 15) is 4.79 Å². The van der Waals surface area contributed by atoms with Gasteiger partial charge in [0.15, 0.2) is 0 Å². The summed E-state index contributed by atoms with van der Waals surface area (Å²) in [5.74, 6) is -0.502. The highest BCUT2D eigenvalue weighted by Crippen LogP contribution is 2.32. The molecule has 176 valence electrons. The van der Waals surface area contributed by atoms with Crippen molar-refractivity contribution in [1.82, 2.24) is 19.8 Å². The van der Waals surface area contributed by atoms with Crippen LogP contribution in [-0.2, 0) is 13.0 Å². The number of hydrogen-bond acceptors (Lipinski definition) is 4. The summed E-state index contributed by atoms with van der Waals surface area (Å²) in [6.07, 6.45) is 1.05. The molecule has 0 atom stereocenters. The van der Waals surface area contributed by atoms with Gasteiger partial charge >= 0.3 is 0 Å². The van der Waals surface area contributed by atoms with E-state index in [1.807, 2.05) is 12.1 Å². The number of rotatable bonds is 6. The topological polar surface area (TPSA) is 60.7 Å². The molecule has 6 nitrogen and oxygen atoms in total. The van der Waals surface area contributed by atoms with Crippen LogP contribution in [0.5, 0.6) is 0 Å². The molecular weight excluding hydrogens is 492 g/mol. The number of piperazine rings is 1. The van der Waals surface area contributed by atoms with Crippen LogP contribution in [0.15, 0.2) is 65.1 Å². The monoisotopic (exact) mass is 520 g/mol. The Kier molecular flexibility index (Phi) is 6.70. The third kappa shape index (κ3) is 4.74. The molecule has 7 heteroatoms. The van der Waals surface area contributed by atoms with E-state index in [-0.39, 0.29) is 0 Å². The summed E-state index contributed by atoms with van der Waals surface area (Å²) in [6.45, 7) is 6.37. The van der Waals surface area contributed by atoms with Crippen LogP contribution in [0.4, 0.5) is 0 Å². The summed E-state index contributed by atoms with van der Waals surface area (Å²) >= 11 is 3.65. The van der Waals surface area contributed by atoms with Gasteiger partial charge in [0.25, 0.3) is 5.91 Å². The fraction of sp³-hybridized carbons (Fsp3) is 0.296. The van der Waals surface area contributed by atoms with E-state index < -0.39 is 5.91 Å². The Balaban J connectivity index is 1.45. The second kappa shape index (κ2) is 9.88. The van der Waals surface area contributed by atoms with Crippen LogP contribution < -0.4 is 5.48 Å². The van der Waals surface area contributed by atoms with Gasteiger partial charge in [-0.05, 0) is 67.1 Å². The summed E-state index contributed by atoms with van der Waals surface area (Å²) in [5, 5.41) is 11.4. The molecule has 3 aromatic carbocycles. The number of amides is 1. The van der Waals surface area contributed by atoms with Crippen LogP contribution >= 0.6 is 15.9 Å². The minimum absolute atomic E-state index is 0.433. The molecule has 1 amide bonds. The maximum atomic E-state index is 11.6. The van der Waals surface area contributed by atoms with Gasteiger partial charge in [-0.1, -0.05) is 34.1 Å². The Labute approximate surface area is 207 Å². The molecule has 0 unspecified atom stereocenters. The number of hydrogen-bond donors (Lipinski definition) is 2. The minimum Gasteiger partial charge on any atom is -0.336 e. The van der Waals surface area contributed by atoms with Gasteiger partial charge < -0.3 is 14.4 Å². The standard InChI is InChI=1S/C27H29BrN4O2/c1-30-12-14-31(15-13-30)11-10-19-4-8-25-23(16-19)24-17-22(28)7-9-26(24)32(25)18-20-2-5-21(6-3-20)27(33)29-34/h2-9,16-17,34H,10-15,18H2,1H3,(H,29,33). The van der Waals surface area contributed by atoms with Gasteiger partial charge in [-0.3, -0.25) is 10.0 Å². The Bertz CT molecular complexity index is 1320. The molecule has 4 aromatic rings. The molecule has 1 fully saturated rings. The van der Waals surface area contributed by atoms with Crippen molar-refractivity contribution in [3.8, 4) is 0 Å². The van der Waals surface area contributed by atoms with Crippen molar-refractivity contribution in [3.63, 3.8) is 0 Å². The average Bonchev–Trinajstić information content (AvgIpc) is 3.15. The normalized spacial score (nSPS) is 15.3. The first-order valence-corrected chi connectivity index (χ1v) is 12.5. The fourth-order valence-electron chi connectivity index (χ4n) is 4.82. The van der Waals surface area contributed by atoms with Crippen molar-refractivity contribution < 1.29 is 10.0 Å². The predicted molar refractivity (Wildman–Crippen MR) is 140 cm³/mol. The lowest BCUT2D eigenvalue weighted by Gasteiger charge is -2.32. The van der Waals surface area contributed by atoms with Crippen molar-refractivity contribution >= 4 is 43.6 Å². The van der Waals surface area contributed by atoms with Crippen LogP contribution in [0.2, 0.25) is 0 Å². The highest BCUT2D eigenvalue weighted by Gasteiger charge is 2.15. The fourth-order valence-corrected chi connectivity index (χ4v) is 5.18. The number of aromatic nitrogens is 1.